The molecule has 0 atom stereocenters. The first-order valence-electron chi connectivity index (χ1n) is 11.9. The summed E-state index contributed by atoms with van der Waals surface area (Å²) < 4.78 is 62.5. The zero-order valence-electron chi connectivity index (χ0n) is 20.0. The minimum atomic E-state index is -3.66. The average molecular weight is 528 g/mol. The molecular formula is C23H31F2N5O5S. The number of hydrogen-bond donors (Lipinski definition) is 2. The summed E-state index contributed by atoms with van der Waals surface area (Å²) in [7, 11) is -2.37. The van der Waals surface area contributed by atoms with E-state index in [0.29, 0.717) is 31.8 Å². The molecule has 198 valence electrons. The van der Waals surface area contributed by atoms with Crippen LogP contribution in [0.5, 0.6) is 11.6 Å². The van der Waals surface area contributed by atoms with Gasteiger partial charge in [-0.05, 0) is 49.8 Å². The van der Waals surface area contributed by atoms with E-state index in [-0.39, 0.29) is 35.1 Å². The van der Waals surface area contributed by atoms with Gasteiger partial charge >= 0.3 is 6.61 Å². The van der Waals surface area contributed by atoms with Crippen molar-refractivity contribution in [3.05, 3.63) is 30.5 Å². The molecule has 0 unspecified atom stereocenters. The first kappa shape index (κ1) is 26.3. The molecule has 36 heavy (non-hydrogen) atoms. The largest absolute Gasteiger partial charge is 0.478 e. The molecule has 1 aromatic carbocycles. The van der Waals surface area contributed by atoms with Gasteiger partial charge in [-0.2, -0.15) is 18.1 Å². The quantitative estimate of drug-likeness (QED) is 0.507. The molecule has 10 nitrogen and oxygen atoms in total. The SMILES string of the molecule is COc1nc(NC2CCN(S(=O)(=O)c3cccc(N4CCC(CO)CC4)c3)CC2)ncc1OC(F)F. The number of sulfonamides is 1. The number of piperidine rings is 2. The van der Waals surface area contributed by atoms with Gasteiger partial charge in [-0.3, -0.25) is 0 Å². The summed E-state index contributed by atoms with van der Waals surface area (Å²) in [6, 6.07) is 6.93. The number of ether oxygens (including phenoxy) is 2. The number of aliphatic hydroxyl groups is 1. The fourth-order valence-electron chi connectivity index (χ4n) is 4.53. The summed E-state index contributed by atoms with van der Waals surface area (Å²) in [5.41, 5.74) is 0.870. The Kier molecular flexibility index (Phi) is 8.42. The molecule has 0 spiro atoms. The molecule has 13 heteroatoms. The monoisotopic (exact) mass is 527 g/mol. The molecule has 0 bridgehead atoms. The fraction of sp³-hybridized carbons (Fsp3) is 0.565. The van der Waals surface area contributed by atoms with Crippen LogP contribution in [-0.2, 0) is 10.0 Å². The van der Waals surface area contributed by atoms with Gasteiger partial charge in [-0.1, -0.05) is 6.07 Å². The van der Waals surface area contributed by atoms with E-state index < -0.39 is 16.6 Å². The average Bonchev–Trinajstić information content (AvgIpc) is 2.89. The highest BCUT2D eigenvalue weighted by Crippen LogP contribution is 2.29. The second-order valence-electron chi connectivity index (χ2n) is 8.88. The first-order valence-corrected chi connectivity index (χ1v) is 13.3. The van der Waals surface area contributed by atoms with Crippen molar-refractivity contribution in [2.24, 2.45) is 5.92 Å². The molecule has 3 heterocycles. The van der Waals surface area contributed by atoms with E-state index in [1.165, 1.54) is 11.4 Å². The van der Waals surface area contributed by atoms with E-state index in [1.807, 2.05) is 6.07 Å². The summed E-state index contributed by atoms with van der Waals surface area (Å²) in [4.78, 5) is 10.5. The van der Waals surface area contributed by atoms with E-state index in [0.717, 1.165) is 37.8 Å². The summed E-state index contributed by atoms with van der Waals surface area (Å²) >= 11 is 0. The van der Waals surface area contributed by atoms with Gasteiger partial charge in [0.05, 0.1) is 18.2 Å². The maximum absolute atomic E-state index is 13.3. The van der Waals surface area contributed by atoms with Crippen LogP contribution in [0.1, 0.15) is 25.7 Å². The highest BCUT2D eigenvalue weighted by atomic mass is 32.2. The minimum absolute atomic E-state index is 0.0952. The minimum Gasteiger partial charge on any atom is -0.478 e. The molecule has 0 saturated carbocycles. The lowest BCUT2D eigenvalue weighted by atomic mass is 9.97. The topological polar surface area (TPSA) is 117 Å². The Hall–Kier alpha value is -2.77. The van der Waals surface area contributed by atoms with Crippen LogP contribution < -0.4 is 19.7 Å². The number of halogens is 2. The van der Waals surface area contributed by atoms with Crippen LogP contribution in [0.25, 0.3) is 0 Å². The summed E-state index contributed by atoms with van der Waals surface area (Å²) in [5, 5.41) is 12.5. The van der Waals surface area contributed by atoms with Gasteiger partial charge in [-0.15, -0.1) is 0 Å². The van der Waals surface area contributed by atoms with Crippen LogP contribution in [0.3, 0.4) is 0 Å². The zero-order chi connectivity index (χ0) is 25.7. The van der Waals surface area contributed by atoms with Gasteiger partial charge in [0.25, 0.3) is 5.88 Å². The van der Waals surface area contributed by atoms with Crippen LogP contribution in [0.4, 0.5) is 20.4 Å². The van der Waals surface area contributed by atoms with Crippen LogP contribution >= 0.6 is 0 Å². The predicted octanol–water partition coefficient (Wildman–Crippen LogP) is 2.56. The van der Waals surface area contributed by atoms with Crippen molar-refractivity contribution in [2.45, 2.75) is 43.2 Å². The van der Waals surface area contributed by atoms with E-state index in [1.54, 1.807) is 18.2 Å². The maximum atomic E-state index is 13.3. The molecule has 4 rings (SSSR count). The molecule has 2 saturated heterocycles. The number of alkyl halides is 2. The smallest absolute Gasteiger partial charge is 0.387 e. The molecule has 1 aromatic heterocycles. The Bertz CT molecular complexity index is 1120. The number of aromatic nitrogens is 2. The number of methoxy groups -OCH3 is 1. The molecule has 2 fully saturated rings. The second-order valence-corrected chi connectivity index (χ2v) is 10.8. The lowest BCUT2D eigenvalue weighted by Gasteiger charge is -2.34. The van der Waals surface area contributed by atoms with Crippen molar-refractivity contribution in [3.63, 3.8) is 0 Å². The van der Waals surface area contributed by atoms with E-state index in [2.05, 4.69) is 24.9 Å². The first-order chi connectivity index (χ1) is 17.3. The molecule has 2 aromatic rings. The standard InChI is InChI=1S/C23H31F2N5O5S/c1-34-21-20(35-22(24)25)14-26-23(28-21)27-17-7-11-30(12-8-17)36(32,33)19-4-2-3-18(13-19)29-9-5-16(15-31)6-10-29/h2-4,13-14,16-17,22,31H,5-12,15H2,1H3,(H,26,27,28). The lowest BCUT2D eigenvalue weighted by Crippen LogP contribution is -2.42. The third-order valence-electron chi connectivity index (χ3n) is 6.61. The third-order valence-corrected chi connectivity index (χ3v) is 8.51. The molecule has 0 radical (unpaired) electrons. The number of rotatable bonds is 9. The van der Waals surface area contributed by atoms with E-state index in [9.17, 15) is 22.3 Å². The normalized spacial score (nSPS) is 18.4. The van der Waals surface area contributed by atoms with Gasteiger partial charge < -0.3 is 24.8 Å². The molecule has 2 N–H and O–H groups in total. The van der Waals surface area contributed by atoms with Crippen LogP contribution in [-0.4, -0.2) is 80.3 Å². The molecule has 0 amide bonds. The van der Waals surface area contributed by atoms with Crippen LogP contribution in [0.2, 0.25) is 0 Å². The number of nitrogens with one attached hydrogen (secondary N) is 1. The number of nitrogens with zero attached hydrogens (tertiary/aromatic N) is 4. The molecule has 0 aliphatic carbocycles. The van der Waals surface area contributed by atoms with Crippen molar-refractivity contribution in [2.75, 3.05) is 50.1 Å². The van der Waals surface area contributed by atoms with E-state index in [4.69, 9.17) is 4.74 Å². The van der Waals surface area contributed by atoms with Gasteiger partial charge in [0, 0.05) is 44.5 Å². The summed E-state index contributed by atoms with van der Waals surface area (Å²) in [6.07, 6.45) is 3.92. The predicted molar refractivity (Wildman–Crippen MR) is 129 cm³/mol. The maximum Gasteiger partial charge on any atom is 0.387 e. The summed E-state index contributed by atoms with van der Waals surface area (Å²) in [5.74, 6) is 0.109. The van der Waals surface area contributed by atoms with Crippen molar-refractivity contribution in [1.29, 1.82) is 0 Å². The van der Waals surface area contributed by atoms with Crippen molar-refractivity contribution < 1.29 is 31.8 Å². The van der Waals surface area contributed by atoms with Crippen molar-refractivity contribution >= 4 is 21.7 Å². The Labute approximate surface area is 209 Å². The highest BCUT2D eigenvalue weighted by Gasteiger charge is 2.30. The number of anilines is 2. The second kappa shape index (κ2) is 11.5. The Morgan fingerprint density at radius 1 is 1.17 bits per heavy atom. The van der Waals surface area contributed by atoms with Gasteiger partial charge in [0.15, 0.2) is 0 Å². The zero-order valence-corrected chi connectivity index (χ0v) is 20.8. The third kappa shape index (κ3) is 6.13. The molecular weight excluding hydrogens is 496 g/mol. The molecule has 2 aliphatic rings. The summed E-state index contributed by atoms with van der Waals surface area (Å²) in [6.45, 7) is -0.634. The highest BCUT2D eigenvalue weighted by molar-refractivity contribution is 7.89. The van der Waals surface area contributed by atoms with Crippen LogP contribution in [0.15, 0.2) is 35.4 Å². The van der Waals surface area contributed by atoms with Gasteiger partial charge in [0.2, 0.25) is 21.7 Å². The molecule has 2 aliphatic heterocycles. The Balaban J connectivity index is 1.36. The fourth-order valence-corrected chi connectivity index (χ4v) is 6.04. The number of hydrogen-bond acceptors (Lipinski definition) is 9. The van der Waals surface area contributed by atoms with Gasteiger partial charge in [-0.25, -0.2) is 13.4 Å². The van der Waals surface area contributed by atoms with Gasteiger partial charge in [0.1, 0.15) is 0 Å². The van der Waals surface area contributed by atoms with E-state index >= 15 is 0 Å². The Morgan fingerprint density at radius 3 is 2.53 bits per heavy atom. The number of aliphatic hydroxyl groups excluding tert-OH is 1. The van der Waals surface area contributed by atoms with Crippen molar-refractivity contribution in [3.8, 4) is 11.6 Å². The van der Waals surface area contributed by atoms with Crippen LogP contribution in [0, 0.1) is 5.92 Å². The Morgan fingerprint density at radius 2 is 1.89 bits per heavy atom. The number of benzene rings is 1. The lowest BCUT2D eigenvalue weighted by molar-refractivity contribution is -0.0518. The van der Waals surface area contributed by atoms with Crippen molar-refractivity contribution in [1.82, 2.24) is 14.3 Å².